The Morgan fingerprint density at radius 2 is 2.09 bits per heavy atom. The van der Waals surface area contributed by atoms with Gasteiger partial charge in [-0.2, -0.15) is 0 Å². The molecule has 62 valence electrons. The molecule has 0 amide bonds. The maximum Gasteiger partial charge on any atom is 0.329 e. The van der Waals surface area contributed by atoms with Gasteiger partial charge in [-0.3, -0.25) is 0 Å². The first-order chi connectivity index (χ1) is 5.08. The number of carbonyl (C=O) groups is 1. The molecule has 0 fully saturated rings. The van der Waals surface area contributed by atoms with E-state index < -0.39 is 0 Å². The molecule has 0 aliphatic heterocycles. The SMILES string of the molecule is BC(CC)(CC)OC(=O)C=C. The van der Waals surface area contributed by atoms with Crippen LogP contribution in [0.3, 0.4) is 0 Å². The average Bonchev–Trinajstić information content (AvgIpc) is 2.04. The van der Waals surface area contributed by atoms with Crippen LogP contribution in [0, 0.1) is 0 Å². The van der Waals surface area contributed by atoms with E-state index in [1.807, 2.05) is 21.7 Å². The van der Waals surface area contributed by atoms with Crippen molar-refractivity contribution in [1.82, 2.24) is 0 Å². The molecule has 0 atom stereocenters. The van der Waals surface area contributed by atoms with E-state index in [2.05, 4.69) is 6.58 Å². The fourth-order valence-electron chi connectivity index (χ4n) is 0.679. The molecule has 0 spiro atoms. The quantitative estimate of drug-likeness (QED) is 0.341. The number of rotatable bonds is 4. The minimum atomic E-state index is -0.337. The van der Waals surface area contributed by atoms with Crippen LogP contribution in [0.2, 0.25) is 0 Å². The van der Waals surface area contributed by atoms with Gasteiger partial charge in [-0.1, -0.05) is 20.4 Å². The molecule has 0 bridgehead atoms. The maximum atomic E-state index is 10.8. The van der Waals surface area contributed by atoms with Crippen molar-refractivity contribution < 1.29 is 9.53 Å². The molecule has 0 aromatic heterocycles. The van der Waals surface area contributed by atoms with Gasteiger partial charge in [-0.15, -0.1) is 0 Å². The number of carbonyl (C=O) groups excluding carboxylic acids is 1. The van der Waals surface area contributed by atoms with Gasteiger partial charge < -0.3 is 4.74 Å². The van der Waals surface area contributed by atoms with E-state index in [4.69, 9.17) is 4.74 Å². The minimum absolute atomic E-state index is 0.314. The summed E-state index contributed by atoms with van der Waals surface area (Å²) in [6.07, 6.45) is 2.87. The van der Waals surface area contributed by atoms with Crippen LogP contribution in [0.4, 0.5) is 0 Å². The summed E-state index contributed by atoms with van der Waals surface area (Å²) in [6, 6.07) is 0. The summed E-state index contributed by atoms with van der Waals surface area (Å²) >= 11 is 0. The molecule has 0 radical (unpaired) electrons. The van der Waals surface area contributed by atoms with Gasteiger partial charge in [0.25, 0.3) is 0 Å². The van der Waals surface area contributed by atoms with Gasteiger partial charge in [0.15, 0.2) is 7.85 Å². The first-order valence-electron chi connectivity index (χ1n) is 3.93. The molecular formula is C8H15BO2. The number of ether oxygens (including phenoxy) is 1. The summed E-state index contributed by atoms with van der Waals surface area (Å²) in [5.41, 5.74) is -0.314. The van der Waals surface area contributed by atoms with Gasteiger partial charge in [-0.05, 0) is 12.8 Å². The van der Waals surface area contributed by atoms with Crippen LogP contribution in [-0.4, -0.2) is 19.3 Å². The van der Waals surface area contributed by atoms with Crippen molar-refractivity contribution >= 4 is 13.8 Å². The first-order valence-corrected chi connectivity index (χ1v) is 3.93. The third kappa shape index (κ3) is 3.26. The Labute approximate surface area is 69.0 Å². The van der Waals surface area contributed by atoms with E-state index in [0.717, 1.165) is 12.8 Å². The number of esters is 1. The van der Waals surface area contributed by atoms with E-state index in [1.54, 1.807) is 0 Å². The van der Waals surface area contributed by atoms with Gasteiger partial charge >= 0.3 is 5.97 Å². The van der Waals surface area contributed by atoms with Gasteiger partial charge in [0.05, 0.1) is 5.50 Å². The summed E-state index contributed by atoms with van der Waals surface area (Å²) in [4.78, 5) is 10.8. The lowest BCUT2D eigenvalue weighted by Gasteiger charge is -2.26. The Hall–Kier alpha value is -0.725. The Morgan fingerprint density at radius 3 is 2.36 bits per heavy atom. The molecule has 0 aromatic rings. The zero-order valence-corrected chi connectivity index (χ0v) is 7.52. The fraction of sp³-hybridized carbons (Fsp3) is 0.625. The Bertz CT molecular complexity index is 150. The molecule has 11 heavy (non-hydrogen) atoms. The van der Waals surface area contributed by atoms with Crippen molar-refractivity contribution in [2.24, 2.45) is 0 Å². The molecule has 0 rings (SSSR count). The van der Waals surface area contributed by atoms with Crippen LogP contribution in [0.25, 0.3) is 0 Å². The Kier molecular flexibility index (Phi) is 3.94. The molecule has 0 heterocycles. The highest BCUT2D eigenvalue weighted by Gasteiger charge is 2.22. The molecule has 0 N–H and O–H groups in total. The lowest BCUT2D eigenvalue weighted by molar-refractivity contribution is -0.146. The van der Waals surface area contributed by atoms with Gasteiger partial charge in [-0.25, -0.2) is 4.79 Å². The Morgan fingerprint density at radius 1 is 1.64 bits per heavy atom. The van der Waals surface area contributed by atoms with Crippen molar-refractivity contribution in [2.45, 2.75) is 32.2 Å². The minimum Gasteiger partial charge on any atom is -0.466 e. The van der Waals surface area contributed by atoms with Crippen molar-refractivity contribution in [3.05, 3.63) is 12.7 Å². The average molecular weight is 154 g/mol. The topological polar surface area (TPSA) is 26.3 Å². The lowest BCUT2D eigenvalue weighted by atomic mass is 9.77. The summed E-state index contributed by atoms with van der Waals surface area (Å²) in [5, 5.41) is 0. The second kappa shape index (κ2) is 4.22. The van der Waals surface area contributed by atoms with Gasteiger partial charge in [0.1, 0.15) is 0 Å². The predicted octanol–water partition coefficient (Wildman–Crippen LogP) is 0.865. The maximum absolute atomic E-state index is 10.8. The van der Waals surface area contributed by atoms with Crippen molar-refractivity contribution in [3.8, 4) is 0 Å². The lowest BCUT2D eigenvalue weighted by Crippen LogP contribution is -2.33. The summed E-state index contributed by atoms with van der Waals surface area (Å²) in [6.45, 7) is 7.34. The molecule has 2 nitrogen and oxygen atoms in total. The highest BCUT2D eigenvalue weighted by Crippen LogP contribution is 2.15. The third-order valence-electron chi connectivity index (χ3n) is 2.01. The van der Waals surface area contributed by atoms with E-state index in [0.29, 0.717) is 0 Å². The normalized spacial score (nSPS) is 10.7. The largest absolute Gasteiger partial charge is 0.466 e. The molecule has 0 aromatic carbocycles. The molecule has 0 saturated carbocycles. The van der Waals surface area contributed by atoms with Crippen LogP contribution in [0.15, 0.2) is 12.7 Å². The van der Waals surface area contributed by atoms with E-state index in [1.165, 1.54) is 6.08 Å². The standard InChI is InChI=1S/C8H15BO2/c1-4-7(10)11-8(9,5-2)6-3/h4H,1,5-6,9H2,2-3H3. The van der Waals surface area contributed by atoms with Crippen LogP contribution in [0.5, 0.6) is 0 Å². The second-order valence-electron chi connectivity index (χ2n) is 2.78. The summed E-state index contributed by atoms with van der Waals surface area (Å²) in [5.74, 6) is -0.337. The Balaban J connectivity index is 4.06. The second-order valence-corrected chi connectivity index (χ2v) is 2.78. The van der Waals surface area contributed by atoms with E-state index in [9.17, 15) is 4.79 Å². The van der Waals surface area contributed by atoms with Crippen molar-refractivity contribution in [3.63, 3.8) is 0 Å². The van der Waals surface area contributed by atoms with E-state index >= 15 is 0 Å². The van der Waals surface area contributed by atoms with Crippen LogP contribution >= 0.6 is 0 Å². The van der Waals surface area contributed by atoms with Crippen LogP contribution in [-0.2, 0) is 9.53 Å². The smallest absolute Gasteiger partial charge is 0.329 e. The van der Waals surface area contributed by atoms with Crippen molar-refractivity contribution in [1.29, 1.82) is 0 Å². The monoisotopic (exact) mass is 154 g/mol. The zero-order chi connectivity index (χ0) is 8.91. The third-order valence-corrected chi connectivity index (χ3v) is 2.01. The summed E-state index contributed by atoms with van der Waals surface area (Å²) in [7, 11) is 1.92. The molecule has 0 aliphatic carbocycles. The fourth-order valence-corrected chi connectivity index (χ4v) is 0.679. The first kappa shape index (κ1) is 10.3. The highest BCUT2D eigenvalue weighted by molar-refractivity contribution is 6.15. The highest BCUT2D eigenvalue weighted by atomic mass is 16.6. The van der Waals surface area contributed by atoms with Gasteiger partial charge in [0, 0.05) is 6.08 Å². The van der Waals surface area contributed by atoms with Crippen molar-refractivity contribution in [2.75, 3.05) is 0 Å². The number of hydrogen-bond donors (Lipinski definition) is 0. The van der Waals surface area contributed by atoms with Gasteiger partial charge in [0.2, 0.25) is 0 Å². The molecule has 0 unspecified atom stereocenters. The molecule has 3 heteroatoms. The van der Waals surface area contributed by atoms with E-state index in [-0.39, 0.29) is 11.5 Å². The molecular weight excluding hydrogens is 139 g/mol. The summed E-state index contributed by atoms with van der Waals surface area (Å²) < 4.78 is 5.13. The van der Waals surface area contributed by atoms with Crippen LogP contribution < -0.4 is 0 Å². The molecule has 0 aliphatic rings. The van der Waals surface area contributed by atoms with Crippen LogP contribution in [0.1, 0.15) is 26.7 Å². The zero-order valence-electron chi connectivity index (χ0n) is 7.52. The predicted molar refractivity (Wildman–Crippen MR) is 48.1 cm³/mol. The number of hydrogen-bond acceptors (Lipinski definition) is 2. The molecule has 0 saturated heterocycles.